The van der Waals surface area contributed by atoms with E-state index in [9.17, 15) is 4.79 Å². The number of hydrogen-bond acceptors (Lipinski definition) is 6. The van der Waals surface area contributed by atoms with E-state index in [-0.39, 0.29) is 18.2 Å². The fourth-order valence-corrected chi connectivity index (χ4v) is 3.19. The summed E-state index contributed by atoms with van der Waals surface area (Å²) >= 11 is 0. The molecule has 0 aromatic heterocycles. The highest BCUT2D eigenvalue weighted by Crippen LogP contribution is 2.34. The number of morpholine rings is 1. The standard InChI is InChI=1S/C20H29NO5.C4H6/c1-14(26-21-19(2,3)13-25-18(22)20(21,4)5)15-7-6-8-16(10-9-15)23-11-17-12-24-17;1-3-4-2/h6,8-10,14,17H,7,11-13H2,1-5H3;3-4H,1-2H2. The number of cyclic esters (lactones) is 1. The van der Waals surface area contributed by atoms with E-state index in [1.807, 2.05) is 52.8 Å². The lowest BCUT2D eigenvalue weighted by molar-refractivity contribution is -0.304. The van der Waals surface area contributed by atoms with Crippen molar-refractivity contribution in [3.05, 3.63) is 60.9 Å². The van der Waals surface area contributed by atoms with Crippen molar-refractivity contribution in [2.24, 2.45) is 0 Å². The highest BCUT2D eigenvalue weighted by molar-refractivity contribution is 5.80. The van der Waals surface area contributed by atoms with Gasteiger partial charge in [-0.15, -0.1) is 0 Å². The number of epoxide rings is 1. The van der Waals surface area contributed by atoms with Gasteiger partial charge in [0.05, 0.1) is 18.2 Å². The molecule has 166 valence electrons. The predicted molar refractivity (Wildman–Crippen MR) is 118 cm³/mol. The number of carbonyl (C=O) groups is 1. The molecule has 6 heteroatoms. The first-order chi connectivity index (χ1) is 14.1. The van der Waals surface area contributed by atoms with E-state index in [1.165, 1.54) is 0 Å². The van der Waals surface area contributed by atoms with Crippen LogP contribution in [0.4, 0.5) is 0 Å². The van der Waals surface area contributed by atoms with Crippen molar-refractivity contribution in [2.45, 2.75) is 64.3 Å². The topological polar surface area (TPSA) is 60.5 Å². The Hall–Kier alpha value is -2.15. The average molecular weight is 418 g/mol. The molecule has 0 aromatic rings. The van der Waals surface area contributed by atoms with Gasteiger partial charge in [-0.25, -0.2) is 4.79 Å². The van der Waals surface area contributed by atoms with Crippen molar-refractivity contribution in [3.63, 3.8) is 0 Å². The fourth-order valence-electron chi connectivity index (χ4n) is 3.19. The number of ether oxygens (including phenoxy) is 3. The van der Waals surface area contributed by atoms with Gasteiger partial charge in [-0.1, -0.05) is 37.5 Å². The van der Waals surface area contributed by atoms with Gasteiger partial charge in [0.2, 0.25) is 0 Å². The van der Waals surface area contributed by atoms with E-state index in [4.69, 9.17) is 19.0 Å². The maximum Gasteiger partial charge on any atom is 0.328 e. The maximum absolute atomic E-state index is 12.2. The molecule has 2 saturated heterocycles. The van der Waals surface area contributed by atoms with E-state index in [2.05, 4.69) is 19.2 Å². The van der Waals surface area contributed by atoms with Crippen LogP contribution in [0.1, 0.15) is 41.0 Å². The van der Waals surface area contributed by atoms with Crippen molar-refractivity contribution in [1.82, 2.24) is 5.06 Å². The molecule has 0 amide bonds. The van der Waals surface area contributed by atoms with Crippen LogP contribution in [0.25, 0.3) is 0 Å². The third kappa shape index (κ3) is 6.42. The Bertz CT molecular complexity index is 722. The van der Waals surface area contributed by atoms with Crippen LogP contribution >= 0.6 is 0 Å². The summed E-state index contributed by atoms with van der Waals surface area (Å²) in [5.74, 6) is 0.557. The Morgan fingerprint density at radius 1 is 1.27 bits per heavy atom. The number of rotatable bonds is 7. The summed E-state index contributed by atoms with van der Waals surface area (Å²) in [6.45, 7) is 18.1. The molecule has 3 rings (SSSR count). The van der Waals surface area contributed by atoms with E-state index >= 15 is 0 Å². The lowest BCUT2D eigenvalue weighted by Crippen LogP contribution is -2.66. The Morgan fingerprint density at radius 2 is 1.93 bits per heavy atom. The first-order valence-electron chi connectivity index (χ1n) is 10.3. The zero-order valence-electron chi connectivity index (χ0n) is 18.8. The first-order valence-corrected chi connectivity index (χ1v) is 10.3. The number of hydrogen-bond donors (Lipinski definition) is 0. The smallest absolute Gasteiger partial charge is 0.328 e. The van der Waals surface area contributed by atoms with Crippen LogP contribution in [0, 0.1) is 0 Å². The molecule has 2 fully saturated rings. The minimum atomic E-state index is -0.842. The van der Waals surface area contributed by atoms with Crippen molar-refractivity contribution >= 4 is 5.97 Å². The van der Waals surface area contributed by atoms with Crippen molar-refractivity contribution in [3.8, 4) is 0 Å². The normalized spacial score (nSPS) is 25.4. The van der Waals surface area contributed by atoms with Crippen molar-refractivity contribution < 1.29 is 23.8 Å². The fraction of sp³-hybridized carbons (Fsp3) is 0.542. The molecule has 0 spiro atoms. The molecule has 0 aromatic carbocycles. The monoisotopic (exact) mass is 417 g/mol. The summed E-state index contributed by atoms with van der Waals surface area (Å²) in [7, 11) is 0. The van der Waals surface area contributed by atoms with Gasteiger partial charge in [0.15, 0.2) is 0 Å². The van der Waals surface area contributed by atoms with Crippen LogP contribution in [0.2, 0.25) is 0 Å². The molecule has 2 aliphatic heterocycles. The van der Waals surface area contributed by atoms with E-state index in [1.54, 1.807) is 17.2 Å². The maximum atomic E-state index is 12.2. The van der Waals surface area contributed by atoms with Gasteiger partial charge in [-0.2, -0.15) is 5.06 Å². The minimum absolute atomic E-state index is 0.175. The minimum Gasteiger partial charge on any atom is -0.491 e. The summed E-state index contributed by atoms with van der Waals surface area (Å²) in [4.78, 5) is 18.5. The second kappa shape index (κ2) is 10.2. The molecule has 0 radical (unpaired) electrons. The summed E-state index contributed by atoms with van der Waals surface area (Å²) < 4.78 is 16.2. The molecule has 2 unspecified atom stereocenters. The predicted octanol–water partition coefficient (Wildman–Crippen LogP) is 4.27. The molecule has 0 bridgehead atoms. The highest BCUT2D eigenvalue weighted by atomic mass is 16.7. The molecule has 2 atom stereocenters. The van der Waals surface area contributed by atoms with Gasteiger partial charge in [0.25, 0.3) is 0 Å². The molecular weight excluding hydrogens is 382 g/mol. The quantitative estimate of drug-likeness (QED) is 0.350. The van der Waals surface area contributed by atoms with Gasteiger partial charge in [0, 0.05) is 0 Å². The third-order valence-corrected chi connectivity index (χ3v) is 5.00. The van der Waals surface area contributed by atoms with Crippen LogP contribution in [0.3, 0.4) is 0 Å². The lowest BCUT2D eigenvalue weighted by Gasteiger charge is -2.50. The Balaban J connectivity index is 0.000000735. The van der Waals surface area contributed by atoms with E-state index in [0.717, 1.165) is 24.4 Å². The summed E-state index contributed by atoms with van der Waals surface area (Å²) in [6, 6.07) is 0. The third-order valence-electron chi connectivity index (χ3n) is 5.00. The van der Waals surface area contributed by atoms with Gasteiger partial charge >= 0.3 is 5.97 Å². The second-order valence-corrected chi connectivity index (χ2v) is 8.64. The average Bonchev–Trinajstić information content (AvgIpc) is 3.54. The molecule has 3 aliphatic rings. The zero-order chi connectivity index (χ0) is 22.4. The summed E-state index contributed by atoms with van der Waals surface area (Å²) in [5.41, 5.74) is -0.125. The number of carbonyl (C=O) groups excluding carboxylic acids is 1. The number of allylic oxidation sites excluding steroid dienone is 6. The molecule has 1 aliphatic carbocycles. The van der Waals surface area contributed by atoms with Crippen LogP contribution < -0.4 is 0 Å². The van der Waals surface area contributed by atoms with Crippen molar-refractivity contribution in [1.29, 1.82) is 0 Å². The zero-order valence-corrected chi connectivity index (χ0v) is 18.8. The van der Waals surface area contributed by atoms with Crippen molar-refractivity contribution in [2.75, 3.05) is 19.8 Å². The highest BCUT2D eigenvalue weighted by Gasteiger charge is 2.50. The van der Waals surface area contributed by atoms with Crippen LogP contribution in [0.5, 0.6) is 0 Å². The number of hydroxylamine groups is 2. The Kier molecular flexibility index (Phi) is 8.24. The lowest BCUT2D eigenvalue weighted by atomic mass is 9.94. The first kappa shape index (κ1) is 24.1. The van der Waals surface area contributed by atoms with Gasteiger partial charge < -0.3 is 14.2 Å². The van der Waals surface area contributed by atoms with Crippen LogP contribution in [-0.4, -0.2) is 54.1 Å². The summed E-state index contributed by atoms with van der Waals surface area (Å²) in [5, 5.41) is 1.79. The van der Waals surface area contributed by atoms with Gasteiger partial charge in [-0.3, -0.25) is 4.84 Å². The van der Waals surface area contributed by atoms with E-state index in [0.29, 0.717) is 13.2 Å². The molecule has 6 nitrogen and oxygen atoms in total. The molecule has 0 N–H and O–H groups in total. The Labute approximate surface area is 180 Å². The SMILES string of the molecule is C=CC=C.CC(ON1C(C)(C)COC(=O)C1(C)C)C1=CC=C(OCC2CO2)C=CC1. The second-order valence-electron chi connectivity index (χ2n) is 8.64. The number of nitrogens with zero attached hydrogens (tertiary/aromatic N) is 1. The largest absolute Gasteiger partial charge is 0.491 e. The molecule has 0 saturated carbocycles. The number of esters is 1. The van der Waals surface area contributed by atoms with Gasteiger partial charge in [0.1, 0.15) is 30.6 Å². The van der Waals surface area contributed by atoms with E-state index < -0.39 is 11.1 Å². The Morgan fingerprint density at radius 3 is 2.53 bits per heavy atom. The molecular formula is C24H35NO5. The van der Waals surface area contributed by atoms with Gasteiger partial charge in [-0.05, 0) is 58.8 Å². The van der Waals surface area contributed by atoms with Crippen LogP contribution in [-0.2, 0) is 23.8 Å². The van der Waals surface area contributed by atoms with Crippen LogP contribution in [0.15, 0.2) is 60.9 Å². The summed E-state index contributed by atoms with van der Waals surface area (Å²) in [6.07, 6.45) is 12.2. The molecule has 2 heterocycles. The molecule has 30 heavy (non-hydrogen) atoms.